The van der Waals surface area contributed by atoms with E-state index in [1.165, 1.54) is 11.5 Å². The predicted octanol–water partition coefficient (Wildman–Crippen LogP) is 4.94. The number of fused-ring (bicyclic) bond motifs is 1. The zero-order chi connectivity index (χ0) is 17.4. The monoisotopic (exact) mass is 365 g/mol. The maximum atomic E-state index is 12.9. The summed E-state index contributed by atoms with van der Waals surface area (Å²) < 4.78 is 2.43. The van der Waals surface area contributed by atoms with Crippen molar-refractivity contribution in [1.82, 2.24) is 3.96 Å². The highest BCUT2D eigenvalue weighted by atomic mass is 35.5. The number of hydrogen-bond donors (Lipinski definition) is 0. The topological polar surface area (TPSA) is 39.1 Å². The molecule has 0 N–H and O–H groups in total. The van der Waals surface area contributed by atoms with Gasteiger partial charge < -0.3 is 0 Å². The largest absolute Gasteiger partial charge is 0.289 e. The Kier molecular flexibility index (Phi) is 3.99. The second kappa shape index (κ2) is 6.31. The first-order chi connectivity index (χ1) is 12.1. The molecule has 0 spiro atoms. The molecule has 1 aromatic heterocycles. The molecule has 122 valence electrons. The highest BCUT2D eigenvalue weighted by Crippen LogP contribution is 2.26. The van der Waals surface area contributed by atoms with E-state index in [2.05, 4.69) is 0 Å². The summed E-state index contributed by atoms with van der Waals surface area (Å²) in [4.78, 5) is 25.7. The Morgan fingerprint density at radius 1 is 0.920 bits per heavy atom. The molecule has 0 unspecified atom stereocenters. The number of nitrogens with zero attached hydrogens (tertiary/aromatic N) is 1. The van der Waals surface area contributed by atoms with Crippen LogP contribution in [0.3, 0.4) is 0 Å². The van der Waals surface area contributed by atoms with Crippen molar-refractivity contribution >= 4 is 39.0 Å². The fraction of sp³-hybridized carbons (Fsp3) is 0. The molecular formula is C20H12ClNO2S. The minimum absolute atomic E-state index is 0.134. The molecule has 5 heteroatoms. The molecule has 0 bridgehead atoms. The lowest BCUT2D eigenvalue weighted by Gasteiger charge is -2.09. The molecule has 0 aliphatic rings. The van der Waals surface area contributed by atoms with Crippen LogP contribution < -0.4 is 5.56 Å². The van der Waals surface area contributed by atoms with E-state index in [9.17, 15) is 9.59 Å². The van der Waals surface area contributed by atoms with Crippen molar-refractivity contribution in [3.63, 3.8) is 0 Å². The van der Waals surface area contributed by atoms with Gasteiger partial charge >= 0.3 is 0 Å². The van der Waals surface area contributed by atoms with E-state index in [0.717, 1.165) is 4.70 Å². The van der Waals surface area contributed by atoms with Crippen molar-refractivity contribution in [3.05, 3.63) is 99.3 Å². The Balaban J connectivity index is 1.95. The molecule has 4 aromatic rings. The first-order valence-electron chi connectivity index (χ1n) is 7.66. The van der Waals surface area contributed by atoms with Crippen LogP contribution in [0.2, 0.25) is 5.02 Å². The van der Waals surface area contributed by atoms with Crippen LogP contribution in [-0.4, -0.2) is 9.74 Å². The van der Waals surface area contributed by atoms with Gasteiger partial charge in [-0.15, -0.1) is 0 Å². The number of ketones is 1. The molecule has 1 heterocycles. The van der Waals surface area contributed by atoms with Crippen LogP contribution in [0.15, 0.2) is 77.6 Å². The molecule has 25 heavy (non-hydrogen) atoms. The number of benzene rings is 3. The van der Waals surface area contributed by atoms with Gasteiger partial charge in [-0.2, -0.15) is 0 Å². The smallest absolute Gasteiger partial charge is 0.273 e. The van der Waals surface area contributed by atoms with E-state index >= 15 is 0 Å². The Labute approximate surface area is 152 Å². The van der Waals surface area contributed by atoms with Gasteiger partial charge in [0, 0.05) is 16.1 Å². The Morgan fingerprint density at radius 2 is 1.64 bits per heavy atom. The quantitative estimate of drug-likeness (QED) is 0.482. The summed E-state index contributed by atoms with van der Waals surface area (Å²) in [6, 6.07) is 21.4. The van der Waals surface area contributed by atoms with Crippen molar-refractivity contribution < 1.29 is 4.79 Å². The molecule has 3 nitrogen and oxygen atoms in total. The summed E-state index contributed by atoms with van der Waals surface area (Å²) in [5, 5.41) is 1.10. The standard InChI is InChI=1S/C20H12ClNO2S/c21-14-10-11-17(16(12-14)19(23)13-6-2-1-3-7-13)22-20(24)15-8-4-5-9-18(15)25-22/h1-12H. The molecule has 0 amide bonds. The van der Waals surface area contributed by atoms with E-state index in [0.29, 0.717) is 27.2 Å². The maximum Gasteiger partial charge on any atom is 0.273 e. The van der Waals surface area contributed by atoms with E-state index in [-0.39, 0.29) is 11.3 Å². The second-order valence-corrected chi connectivity index (χ2v) is 6.97. The Morgan fingerprint density at radius 3 is 2.40 bits per heavy atom. The Hall–Kier alpha value is -2.69. The number of aromatic nitrogens is 1. The van der Waals surface area contributed by atoms with E-state index in [4.69, 9.17) is 11.6 Å². The predicted molar refractivity (Wildman–Crippen MR) is 102 cm³/mol. The van der Waals surface area contributed by atoms with Gasteiger partial charge in [0.05, 0.1) is 15.8 Å². The number of rotatable bonds is 3. The average molecular weight is 366 g/mol. The lowest BCUT2D eigenvalue weighted by Crippen LogP contribution is -2.15. The molecule has 0 aliphatic heterocycles. The minimum Gasteiger partial charge on any atom is -0.289 e. The molecule has 4 rings (SSSR count). The van der Waals surface area contributed by atoms with Gasteiger partial charge in [0.1, 0.15) is 0 Å². The van der Waals surface area contributed by atoms with Crippen molar-refractivity contribution in [1.29, 1.82) is 0 Å². The van der Waals surface area contributed by atoms with E-state index < -0.39 is 0 Å². The molecular weight excluding hydrogens is 354 g/mol. The molecule has 0 saturated carbocycles. The molecule has 3 aromatic carbocycles. The van der Waals surface area contributed by atoms with Crippen LogP contribution in [0.1, 0.15) is 15.9 Å². The minimum atomic E-state index is -0.164. The SMILES string of the molecule is O=C(c1ccccc1)c1cc(Cl)ccc1-n1sc2ccccc2c1=O. The van der Waals surface area contributed by atoms with Gasteiger partial charge in [0.15, 0.2) is 5.78 Å². The highest BCUT2D eigenvalue weighted by Gasteiger charge is 2.18. The molecule has 0 atom stereocenters. The number of carbonyl (C=O) groups is 1. The summed E-state index contributed by atoms with van der Waals surface area (Å²) in [5.41, 5.74) is 1.38. The van der Waals surface area contributed by atoms with E-state index in [1.807, 2.05) is 36.4 Å². The van der Waals surface area contributed by atoms with Crippen molar-refractivity contribution in [2.24, 2.45) is 0 Å². The number of hydrogen-bond acceptors (Lipinski definition) is 3. The third-order valence-electron chi connectivity index (χ3n) is 3.95. The first kappa shape index (κ1) is 15.8. The Bertz CT molecular complexity index is 1150. The summed E-state index contributed by atoms with van der Waals surface area (Å²) in [6.45, 7) is 0. The summed E-state index contributed by atoms with van der Waals surface area (Å²) in [5.74, 6) is -0.164. The van der Waals surface area contributed by atoms with Crippen LogP contribution in [0.25, 0.3) is 15.8 Å². The summed E-state index contributed by atoms with van der Waals surface area (Å²) >= 11 is 7.44. The fourth-order valence-electron chi connectivity index (χ4n) is 2.74. The molecule has 0 saturated heterocycles. The number of halogens is 1. The van der Waals surface area contributed by atoms with Gasteiger partial charge in [-0.1, -0.05) is 65.6 Å². The van der Waals surface area contributed by atoms with Crippen LogP contribution in [-0.2, 0) is 0 Å². The third-order valence-corrected chi connectivity index (χ3v) is 5.28. The molecule has 0 radical (unpaired) electrons. The number of carbonyl (C=O) groups excluding carboxylic acids is 1. The fourth-order valence-corrected chi connectivity index (χ4v) is 3.94. The van der Waals surface area contributed by atoms with Crippen LogP contribution in [0, 0.1) is 0 Å². The van der Waals surface area contributed by atoms with Crippen LogP contribution in [0.5, 0.6) is 0 Å². The van der Waals surface area contributed by atoms with Gasteiger partial charge in [0.25, 0.3) is 5.56 Å². The zero-order valence-corrected chi connectivity index (χ0v) is 14.6. The van der Waals surface area contributed by atoms with Gasteiger partial charge in [-0.3, -0.25) is 9.59 Å². The van der Waals surface area contributed by atoms with Crippen LogP contribution in [0.4, 0.5) is 0 Å². The maximum absolute atomic E-state index is 12.9. The molecule has 0 aliphatic carbocycles. The van der Waals surface area contributed by atoms with Crippen molar-refractivity contribution in [3.8, 4) is 5.69 Å². The molecule has 0 fully saturated rings. The zero-order valence-electron chi connectivity index (χ0n) is 13.0. The van der Waals surface area contributed by atoms with Crippen molar-refractivity contribution in [2.75, 3.05) is 0 Å². The normalized spacial score (nSPS) is 10.9. The van der Waals surface area contributed by atoms with Crippen molar-refractivity contribution in [2.45, 2.75) is 0 Å². The van der Waals surface area contributed by atoms with Gasteiger partial charge in [-0.25, -0.2) is 3.96 Å². The van der Waals surface area contributed by atoms with E-state index in [1.54, 1.807) is 40.4 Å². The lowest BCUT2D eigenvalue weighted by atomic mass is 10.0. The second-order valence-electron chi connectivity index (χ2n) is 5.54. The summed E-state index contributed by atoms with van der Waals surface area (Å²) in [7, 11) is 0. The third kappa shape index (κ3) is 2.80. The van der Waals surface area contributed by atoms with Gasteiger partial charge in [-0.05, 0) is 30.3 Å². The lowest BCUT2D eigenvalue weighted by molar-refractivity contribution is 0.103. The highest BCUT2D eigenvalue weighted by molar-refractivity contribution is 7.14. The average Bonchev–Trinajstić information content (AvgIpc) is 2.99. The first-order valence-corrected chi connectivity index (χ1v) is 8.81. The summed E-state index contributed by atoms with van der Waals surface area (Å²) in [6.07, 6.45) is 0. The van der Waals surface area contributed by atoms with Crippen LogP contribution >= 0.6 is 23.1 Å². The van der Waals surface area contributed by atoms with Gasteiger partial charge in [0.2, 0.25) is 0 Å².